The number of halogens is 2. The number of hydrogen-bond donors (Lipinski definition) is 2. The molecule has 0 bridgehead atoms. The average Bonchev–Trinajstić information content (AvgIpc) is 2.48. The summed E-state index contributed by atoms with van der Waals surface area (Å²) in [6, 6.07) is 3.39. The molecule has 0 aliphatic heterocycles. The van der Waals surface area contributed by atoms with E-state index in [2.05, 4.69) is 27.5 Å². The molecular formula is C15H18F2N4. The number of aromatic nitrogens is 2. The summed E-state index contributed by atoms with van der Waals surface area (Å²) in [5, 5.41) is 6.12. The molecule has 1 aromatic carbocycles. The molecule has 21 heavy (non-hydrogen) atoms. The van der Waals surface area contributed by atoms with Crippen LogP contribution >= 0.6 is 0 Å². The number of rotatable bonds is 6. The second-order valence-electron chi connectivity index (χ2n) is 4.58. The van der Waals surface area contributed by atoms with E-state index in [0.717, 1.165) is 30.4 Å². The molecule has 0 unspecified atom stereocenters. The topological polar surface area (TPSA) is 49.8 Å². The summed E-state index contributed by atoms with van der Waals surface area (Å²) in [7, 11) is 0. The molecule has 0 saturated carbocycles. The van der Waals surface area contributed by atoms with Crippen LogP contribution in [0.4, 0.5) is 26.1 Å². The summed E-state index contributed by atoms with van der Waals surface area (Å²) < 4.78 is 26.6. The van der Waals surface area contributed by atoms with Crippen LogP contribution in [0.2, 0.25) is 0 Å². The lowest BCUT2D eigenvalue weighted by Crippen LogP contribution is -2.09. The Morgan fingerprint density at radius 2 is 1.86 bits per heavy atom. The number of nitrogens with zero attached hydrogens (tertiary/aromatic N) is 2. The predicted octanol–water partition coefficient (Wildman–Crippen LogP) is 3.88. The normalized spacial score (nSPS) is 10.5. The van der Waals surface area contributed by atoms with Gasteiger partial charge in [-0.05, 0) is 25.0 Å². The fourth-order valence-electron chi connectivity index (χ4n) is 1.97. The first-order chi connectivity index (χ1) is 10.2. The van der Waals surface area contributed by atoms with E-state index in [1.807, 2.05) is 6.92 Å². The molecular weight excluding hydrogens is 274 g/mol. The van der Waals surface area contributed by atoms with Gasteiger partial charge in [-0.1, -0.05) is 13.8 Å². The molecule has 6 heteroatoms. The molecule has 0 spiro atoms. The lowest BCUT2D eigenvalue weighted by Gasteiger charge is -2.14. The molecule has 0 saturated heterocycles. The van der Waals surface area contributed by atoms with Crippen LogP contribution in [0.1, 0.15) is 25.8 Å². The second kappa shape index (κ2) is 6.97. The van der Waals surface area contributed by atoms with Crippen LogP contribution in [-0.4, -0.2) is 16.5 Å². The van der Waals surface area contributed by atoms with Gasteiger partial charge in [0.15, 0.2) is 0 Å². The van der Waals surface area contributed by atoms with Crippen LogP contribution in [0, 0.1) is 11.6 Å². The maximum Gasteiger partial charge on any atom is 0.149 e. The Morgan fingerprint density at radius 1 is 1.10 bits per heavy atom. The number of hydrogen-bond acceptors (Lipinski definition) is 4. The van der Waals surface area contributed by atoms with E-state index in [1.165, 1.54) is 18.5 Å². The number of benzene rings is 1. The third-order valence-corrected chi connectivity index (χ3v) is 3.03. The maximum absolute atomic E-state index is 13.7. The molecule has 0 aliphatic rings. The van der Waals surface area contributed by atoms with Crippen molar-refractivity contribution in [3.05, 3.63) is 41.7 Å². The molecule has 2 rings (SSSR count). The number of anilines is 3. The Kier molecular flexibility index (Phi) is 5.03. The zero-order valence-corrected chi connectivity index (χ0v) is 12.1. The molecule has 0 amide bonds. The molecule has 2 N–H and O–H groups in total. The van der Waals surface area contributed by atoms with E-state index in [0.29, 0.717) is 12.2 Å². The van der Waals surface area contributed by atoms with Crippen molar-refractivity contribution < 1.29 is 8.78 Å². The lowest BCUT2D eigenvalue weighted by atomic mass is 10.2. The van der Waals surface area contributed by atoms with E-state index < -0.39 is 11.6 Å². The van der Waals surface area contributed by atoms with E-state index in [4.69, 9.17) is 0 Å². The largest absolute Gasteiger partial charge is 0.370 e. The highest BCUT2D eigenvalue weighted by Crippen LogP contribution is 2.25. The van der Waals surface area contributed by atoms with E-state index in [-0.39, 0.29) is 5.69 Å². The van der Waals surface area contributed by atoms with Crippen LogP contribution < -0.4 is 10.6 Å². The summed E-state index contributed by atoms with van der Waals surface area (Å²) in [6.07, 6.45) is 3.08. The van der Waals surface area contributed by atoms with Gasteiger partial charge in [0, 0.05) is 18.2 Å². The highest BCUT2D eigenvalue weighted by atomic mass is 19.1. The van der Waals surface area contributed by atoms with Gasteiger partial charge >= 0.3 is 0 Å². The fraction of sp³-hybridized carbons (Fsp3) is 0.333. The van der Waals surface area contributed by atoms with Gasteiger partial charge in [0.25, 0.3) is 0 Å². The smallest absolute Gasteiger partial charge is 0.149 e. The Hall–Kier alpha value is -2.24. The van der Waals surface area contributed by atoms with Crippen LogP contribution in [-0.2, 0) is 6.42 Å². The third kappa shape index (κ3) is 3.65. The van der Waals surface area contributed by atoms with Gasteiger partial charge in [-0.25, -0.2) is 18.7 Å². The molecule has 1 aromatic heterocycles. The van der Waals surface area contributed by atoms with Crippen LogP contribution in [0.15, 0.2) is 24.5 Å². The Morgan fingerprint density at radius 3 is 2.52 bits per heavy atom. The van der Waals surface area contributed by atoms with Gasteiger partial charge in [0.2, 0.25) is 0 Å². The van der Waals surface area contributed by atoms with Crippen molar-refractivity contribution in [3.63, 3.8) is 0 Å². The van der Waals surface area contributed by atoms with Gasteiger partial charge in [-0.15, -0.1) is 0 Å². The van der Waals surface area contributed by atoms with Gasteiger partial charge in [0.1, 0.15) is 29.6 Å². The molecule has 0 aliphatic carbocycles. The third-order valence-electron chi connectivity index (χ3n) is 3.03. The highest BCUT2D eigenvalue weighted by molar-refractivity contribution is 5.65. The van der Waals surface area contributed by atoms with Crippen molar-refractivity contribution in [1.82, 2.24) is 9.97 Å². The van der Waals surface area contributed by atoms with Crippen LogP contribution in [0.25, 0.3) is 0 Å². The molecule has 0 atom stereocenters. The Balaban J connectivity index is 2.30. The molecule has 1 heterocycles. The van der Waals surface area contributed by atoms with Crippen molar-refractivity contribution in [3.8, 4) is 0 Å². The Labute approximate surface area is 122 Å². The van der Waals surface area contributed by atoms with E-state index in [1.54, 1.807) is 0 Å². The first-order valence-electron chi connectivity index (χ1n) is 6.95. The number of nitrogens with one attached hydrogen (secondary N) is 2. The molecule has 0 fully saturated rings. The van der Waals surface area contributed by atoms with Crippen LogP contribution in [0.5, 0.6) is 0 Å². The first kappa shape index (κ1) is 15.2. The van der Waals surface area contributed by atoms with Crippen molar-refractivity contribution in [2.75, 3.05) is 17.2 Å². The minimum Gasteiger partial charge on any atom is -0.370 e. The minimum absolute atomic E-state index is 0.186. The van der Waals surface area contributed by atoms with Crippen molar-refractivity contribution in [2.24, 2.45) is 0 Å². The van der Waals surface area contributed by atoms with Gasteiger partial charge < -0.3 is 10.6 Å². The van der Waals surface area contributed by atoms with Gasteiger partial charge in [-0.3, -0.25) is 0 Å². The van der Waals surface area contributed by atoms with Crippen molar-refractivity contribution in [1.29, 1.82) is 0 Å². The lowest BCUT2D eigenvalue weighted by molar-refractivity contribution is 0.586. The second-order valence-corrected chi connectivity index (χ2v) is 4.58. The summed E-state index contributed by atoms with van der Waals surface area (Å²) >= 11 is 0. The SMILES string of the molecule is CCCNc1ncnc(Nc2ccc(F)cc2F)c1CC. The highest BCUT2D eigenvalue weighted by Gasteiger charge is 2.11. The first-order valence-corrected chi connectivity index (χ1v) is 6.95. The standard InChI is InChI=1S/C15H18F2N4/c1-3-7-18-14-11(4-2)15(20-9-19-14)21-13-6-5-10(16)8-12(13)17/h5-6,8-9H,3-4,7H2,1-2H3,(H2,18,19,20,21). The Bertz CT molecular complexity index is 617. The zero-order chi connectivity index (χ0) is 15.2. The average molecular weight is 292 g/mol. The molecule has 2 aromatic rings. The van der Waals surface area contributed by atoms with Crippen molar-refractivity contribution >= 4 is 17.3 Å². The maximum atomic E-state index is 13.7. The predicted molar refractivity (Wildman–Crippen MR) is 79.8 cm³/mol. The fourth-order valence-corrected chi connectivity index (χ4v) is 1.97. The molecule has 0 radical (unpaired) electrons. The molecule has 4 nitrogen and oxygen atoms in total. The van der Waals surface area contributed by atoms with E-state index >= 15 is 0 Å². The molecule has 112 valence electrons. The van der Waals surface area contributed by atoms with Crippen molar-refractivity contribution in [2.45, 2.75) is 26.7 Å². The van der Waals surface area contributed by atoms with Gasteiger partial charge in [0.05, 0.1) is 5.69 Å². The minimum atomic E-state index is -0.654. The zero-order valence-electron chi connectivity index (χ0n) is 12.1. The van der Waals surface area contributed by atoms with Gasteiger partial charge in [-0.2, -0.15) is 0 Å². The van der Waals surface area contributed by atoms with Crippen LogP contribution in [0.3, 0.4) is 0 Å². The summed E-state index contributed by atoms with van der Waals surface area (Å²) in [6.45, 7) is 4.84. The summed E-state index contributed by atoms with van der Waals surface area (Å²) in [5.41, 5.74) is 1.06. The van der Waals surface area contributed by atoms with E-state index in [9.17, 15) is 8.78 Å². The summed E-state index contributed by atoms with van der Waals surface area (Å²) in [4.78, 5) is 8.36. The summed E-state index contributed by atoms with van der Waals surface area (Å²) in [5.74, 6) is -0.00327. The quantitative estimate of drug-likeness (QED) is 0.848. The monoisotopic (exact) mass is 292 g/mol.